The Labute approximate surface area is 99.8 Å². The minimum absolute atomic E-state index is 0.0403. The highest BCUT2D eigenvalue weighted by Crippen LogP contribution is 2.35. The highest BCUT2D eigenvalue weighted by molar-refractivity contribution is 7.13. The highest BCUT2D eigenvalue weighted by atomic mass is 32.1. The monoisotopic (exact) mass is 234 g/mol. The molecule has 0 atom stereocenters. The van der Waals surface area contributed by atoms with Gasteiger partial charge in [-0.25, -0.2) is 4.39 Å². The van der Waals surface area contributed by atoms with E-state index in [9.17, 15) is 4.39 Å². The van der Waals surface area contributed by atoms with Gasteiger partial charge in [-0.15, -0.1) is 11.3 Å². The maximum atomic E-state index is 13.3. The molecule has 0 bridgehead atoms. The van der Waals surface area contributed by atoms with E-state index in [1.807, 2.05) is 17.5 Å². The fourth-order valence-electron chi connectivity index (χ4n) is 1.78. The molecule has 0 amide bonds. The molecule has 0 spiro atoms. The largest absolute Gasteiger partial charge is 0.207 e. The Kier molecular flexibility index (Phi) is 2.85. The predicted molar refractivity (Wildman–Crippen MR) is 68.4 cm³/mol. The molecule has 0 aliphatic carbocycles. The molecular weight excluding hydrogens is 219 g/mol. The van der Waals surface area contributed by atoms with Crippen LogP contribution in [0.4, 0.5) is 4.39 Å². The first-order valence-corrected chi connectivity index (χ1v) is 6.20. The molecule has 0 fully saturated rings. The van der Waals surface area contributed by atoms with Gasteiger partial charge in [0.05, 0.1) is 0 Å². The van der Waals surface area contributed by atoms with Crippen molar-refractivity contribution in [3.8, 4) is 10.4 Å². The molecule has 0 aliphatic rings. The van der Waals surface area contributed by atoms with Crippen LogP contribution < -0.4 is 0 Å². The number of hydrogen-bond acceptors (Lipinski definition) is 1. The van der Waals surface area contributed by atoms with Gasteiger partial charge in [-0.3, -0.25) is 0 Å². The molecule has 1 heterocycles. The summed E-state index contributed by atoms with van der Waals surface area (Å²) in [6.45, 7) is 6.33. The number of thiophene rings is 1. The van der Waals surface area contributed by atoms with E-state index in [1.165, 1.54) is 10.9 Å². The Morgan fingerprint density at radius 1 is 1.12 bits per heavy atom. The summed E-state index contributed by atoms with van der Waals surface area (Å²) in [7, 11) is 0. The van der Waals surface area contributed by atoms with Gasteiger partial charge >= 0.3 is 0 Å². The van der Waals surface area contributed by atoms with Gasteiger partial charge in [0, 0.05) is 4.88 Å². The first-order valence-electron chi connectivity index (χ1n) is 5.32. The van der Waals surface area contributed by atoms with E-state index in [2.05, 4.69) is 26.8 Å². The maximum absolute atomic E-state index is 13.3. The van der Waals surface area contributed by atoms with Crippen molar-refractivity contribution in [2.45, 2.75) is 26.2 Å². The number of rotatable bonds is 1. The fourth-order valence-corrected chi connectivity index (χ4v) is 2.55. The standard InChI is InChI=1S/C14H15FS/c1-14(2,3)12-9-10(15)6-7-11(12)13-5-4-8-16-13/h4-9H,1-3H3. The minimum Gasteiger partial charge on any atom is -0.207 e. The minimum atomic E-state index is -0.162. The van der Waals surface area contributed by atoms with E-state index in [0.29, 0.717) is 0 Å². The SMILES string of the molecule is CC(C)(C)c1cc(F)ccc1-c1cccs1. The Bertz CT molecular complexity index is 478. The lowest BCUT2D eigenvalue weighted by atomic mass is 9.83. The van der Waals surface area contributed by atoms with E-state index in [-0.39, 0.29) is 11.2 Å². The van der Waals surface area contributed by atoms with Crippen LogP contribution in [-0.2, 0) is 5.41 Å². The molecule has 0 saturated heterocycles. The zero-order valence-corrected chi connectivity index (χ0v) is 10.6. The van der Waals surface area contributed by atoms with Crippen molar-refractivity contribution >= 4 is 11.3 Å². The second-order valence-electron chi connectivity index (χ2n) is 4.92. The Morgan fingerprint density at radius 3 is 2.44 bits per heavy atom. The van der Waals surface area contributed by atoms with Crippen molar-refractivity contribution in [2.24, 2.45) is 0 Å². The summed E-state index contributed by atoms with van der Waals surface area (Å²) in [5.41, 5.74) is 2.17. The Balaban J connectivity index is 2.62. The fraction of sp³-hybridized carbons (Fsp3) is 0.286. The van der Waals surface area contributed by atoms with Crippen molar-refractivity contribution in [3.63, 3.8) is 0 Å². The van der Waals surface area contributed by atoms with E-state index >= 15 is 0 Å². The molecular formula is C14H15FS. The molecule has 0 unspecified atom stereocenters. The molecule has 1 aromatic heterocycles. The molecule has 0 aliphatic heterocycles. The van der Waals surface area contributed by atoms with E-state index in [4.69, 9.17) is 0 Å². The molecule has 16 heavy (non-hydrogen) atoms. The van der Waals surface area contributed by atoms with Crippen LogP contribution >= 0.6 is 11.3 Å². The first kappa shape index (κ1) is 11.3. The van der Waals surface area contributed by atoms with Crippen LogP contribution in [-0.4, -0.2) is 0 Å². The zero-order valence-electron chi connectivity index (χ0n) is 9.75. The van der Waals surface area contributed by atoms with E-state index in [1.54, 1.807) is 17.4 Å². The summed E-state index contributed by atoms with van der Waals surface area (Å²) in [4.78, 5) is 1.20. The summed E-state index contributed by atoms with van der Waals surface area (Å²) in [5.74, 6) is -0.162. The first-order chi connectivity index (χ1) is 7.48. The molecule has 0 radical (unpaired) electrons. The van der Waals surface area contributed by atoms with Crippen LogP contribution in [0.5, 0.6) is 0 Å². The third kappa shape index (κ3) is 2.17. The molecule has 2 rings (SSSR count). The van der Waals surface area contributed by atoms with Crippen molar-refractivity contribution in [1.29, 1.82) is 0 Å². The van der Waals surface area contributed by atoms with Crippen LogP contribution in [0.1, 0.15) is 26.3 Å². The van der Waals surface area contributed by atoms with Gasteiger partial charge in [0.15, 0.2) is 0 Å². The molecule has 0 nitrogen and oxygen atoms in total. The molecule has 0 N–H and O–H groups in total. The van der Waals surface area contributed by atoms with Gasteiger partial charge < -0.3 is 0 Å². The third-order valence-electron chi connectivity index (χ3n) is 2.58. The molecule has 2 heteroatoms. The number of halogens is 1. The van der Waals surface area contributed by atoms with Crippen LogP contribution in [0.25, 0.3) is 10.4 Å². The normalized spacial score (nSPS) is 11.8. The summed E-state index contributed by atoms with van der Waals surface area (Å²) in [6, 6.07) is 9.16. The highest BCUT2D eigenvalue weighted by Gasteiger charge is 2.19. The Morgan fingerprint density at radius 2 is 1.88 bits per heavy atom. The van der Waals surface area contributed by atoms with Crippen LogP contribution in [0, 0.1) is 5.82 Å². The number of hydrogen-bond donors (Lipinski definition) is 0. The lowest BCUT2D eigenvalue weighted by Crippen LogP contribution is -2.12. The lowest BCUT2D eigenvalue weighted by molar-refractivity contribution is 0.574. The van der Waals surface area contributed by atoms with E-state index in [0.717, 1.165) is 11.1 Å². The van der Waals surface area contributed by atoms with Crippen LogP contribution in [0.3, 0.4) is 0 Å². The van der Waals surface area contributed by atoms with Crippen LogP contribution in [0.2, 0.25) is 0 Å². The van der Waals surface area contributed by atoms with Crippen molar-refractivity contribution in [2.75, 3.05) is 0 Å². The lowest BCUT2D eigenvalue weighted by Gasteiger charge is -2.22. The predicted octanol–water partition coefficient (Wildman–Crippen LogP) is 4.85. The van der Waals surface area contributed by atoms with Crippen molar-refractivity contribution < 1.29 is 4.39 Å². The second-order valence-corrected chi connectivity index (χ2v) is 5.86. The topological polar surface area (TPSA) is 0 Å². The number of benzene rings is 1. The average molecular weight is 234 g/mol. The quantitative estimate of drug-likeness (QED) is 0.661. The van der Waals surface area contributed by atoms with Gasteiger partial charge in [0.2, 0.25) is 0 Å². The van der Waals surface area contributed by atoms with Gasteiger partial charge in [-0.1, -0.05) is 32.9 Å². The van der Waals surface area contributed by atoms with Crippen molar-refractivity contribution in [1.82, 2.24) is 0 Å². The molecule has 84 valence electrons. The second kappa shape index (κ2) is 4.02. The molecule has 0 saturated carbocycles. The summed E-state index contributed by atoms with van der Waals surface area (Å²) in [6.07, 6.45) is 0. The summed E-state index contributed by atoms with van der Waals surface area (Å²) in [5, 5.41) is 2.05. The molecule has 1 aromatic carbocycles. The smallest absolute Gasteiger partial charge is 0.123 e. The maximum Gasteiger partial charge on any atom is 0.123 e. The summed E-state index contributed by atoms with van der Waals surface area (Å²) >= 11 is 1.69. The average Bonchev–Trinajstić information content (AvgIpc) is 2.69. The third-order valence-corrected chi connectivity index (χ3v) is 3.48. The Hall–Kier alpha value is -1.15. The molecule has 2 aromatic rings. The van der Waals surface area contributed by atoms with Gasteiger partial charge in [0.25, 0.3) is 0 Å². The van der Waals surface area contributed by atoms with Gasteiger partial charge in [-0.05, 0) is 40.1 Å². The van der Waals surface area contributed by atoms with Gasteiger partial charge in [-0.2, -0.15) is 0 Å². The van der Waals surface area contributed by atoms with Gasteiger partial charge in [0.1, 0.15) is 5.82 Å². The van der Waals surface area contributed by atoms with Crippen molar-refractivity contribution in [3.05, 3.63) is 47.1 Å². The van der Waals surface area contributed by atoms with E-state index < -0.39 is 0 Å². The summed E-state index contributed by atoms with van der Waals surface area (Å²) < 4.78 is 13.3. The van der Waals surface area contributed by atoms with Crippen LogP contribution in [0.15, 0.2) is 35.7 Å². The zero-order chi connectivity index (χ0) is 11.8.